The third-order valence-corrected chi connectivity index (χ3v) is 5.22. The van der Waals surface area contributed by atoms with Crippen LogP contribution in [0.2, 0.25) is 0 Å². The van der Waals surface area contributed by atoms with Crippen LogP contribution in [0.4, 0.5) is 10.1 Å². The van der Waals surface area contributed by atoms with Gasteiger partial charge >= 0.3 is 0 Å². The molecule has 0 aliphatic carbocycles. The Hall–Kier alpha value is -3.31. The van der Waals surface area contributed by atoms with E-state index >= 15 is 0 Å². The van der Waals surface area contributed by atoms with Gasteiger partial charge in [0.2, 0.25) is 0 Å². The van der Waals surface area contributed by atoms with Crippen molar-refractivity contribution < 1.29 is 4.39 Å². The maximum absolute atomic E-state index is 14.5. The molecule has 8 heteroatoms. The lowest BCUT2D eigenvalue weighted by Gasteiger charge is -2.36. The van der Waals surface area contributed by atoms with Crippen molar-refractivity contribution in [1.82, 2.24) is 19.9 Å². The average Bonchev–Trinajstić information content (AvgIpc) is 2.70. The lowest BCUT2D eigenvalue weighted by Crippen LogP contribution is -2.46. The van der Waals surface area contributed by atoms with Crippen molar-refractivity contribution in [3.8, 4) is 6.07 Å². The van der Waals surface area contributed by atoms with E-state index in [0.717, 1.165) is 43.1 Å². The van der Waals surface area contributed by atoms with Gasteiger partial charge in [-0.2, -0.15) is 5.26 Å². The zero-order valence-corrected chi connectivity index (χ0v) is 16.4. The molecule has 0 spiro atoms. The molecule has 3 aromatic rings. The lowest BCUT2D eigenvalue weighted by molar-refractivity contribution is 0.249. The number of aryl methyl sites for hydroxylation is 2. The lowest BCUT2D eigenvalue weighted by atomic mass is 10.1. The Morgan fingerprint density at radius 2 is 1.93 bits per heavy atom. The molecule has 4 rings (SSSR count). The molecule has 29 heavy (non-hydrogen) atoms. The van der Waals surface area contributed by atoms with Crippen LogP contribution in [-0.4, -0.2) is 46.0 Å². The van der Waals surface area contributed by atoms with Crippen molar-refractivity contribution >= 4 is 16.7 Å². The first-order chi connectivity index (χ1) is 13.9. The molecule has 0 radical (unpaired) electrons. The molecule has 1 aliphatic heterocycles. The highest BCUT2D eigenvalue weighted by molar-refractivity contribution is 5.75. The largest absolute Gasteiger partial charge is 0.367 e. The molecule has 1 N–H and O–H groups in total. The molecule has 7 nitrogen and oxygen atoms in total. The van der Waals surface area contributed by atoms with Crippen molar-refractivity contribution in [3.05, 3.63) is 63.1 Å². The van der Waals surface area contributed by atoms with Crippen LogP contribution >= 0.6 is 0 Å². The fourth-order valence-electron chi connectivity index (χ4n) is 3.68. The van der Waals surface area contributed by atoms with Crippen molar-refractivity contribution in [1.29, 1.82) is 5.26 Å². The van der Waals surface area contributed by atoms with Crippen LogP contribution < -0.4 is 10.5 Å². The molecule has 1 aliphatic rings. The van der Waals surface area contributed by atoms with Gasteiger partial charge in [-0.1, -0.05) is 0 Å². The molecular weight excluding hydrogens is 371 g/mol. The van der Waals surface area contributed by atoms with Crippen LogP contribution in [0.25, 0.3) is 11.0 Å². The summed E-state index contributed by atoms with van der Waals surface area (Å²) >= 11 is 0. The number of nitriles is 1. The second kappa shape index (κ2) is 7.60. The second-order valence-corrected chi connectivity index (χ2v) is 7.32. The van der Waals surface area contributed by atoms with Gasteiger partial charge in [0.15, 0.2) is 11.5 Å². The monoisotopic (exact) mass is 392 g/mol. The fraction of sp³-hybridized carbons (Fsp3) is 0.333. The zero-order chi connectivity index (χ0) is 20.5. The predicted octanol–water partition coefficient (Wildman–Crippen LogP) is 2.27. The number of aromatic amines is 1. The minimum atomic E-state index is -0.431. The summed E-state index contributed by atoms with van der Waals surface area (Å²) in [5.74, 6) is -0.431. The van der Waals surface area contributed by atoms with Gasteiger partial charge in [0.05, 0.1) is 11.2 Å². The van der Waals surface area contributed by atoms with Gasteiger partial charge in [-0.25, -0.2) is 14.4 Å². The molecule has 2 aromatic heterocycles. The number of rotatable bonds is 3. The summed E-state index contributed by atoms with van der Waals surface area (Å²) in [6.45, 7) is 7.08. The number of H-pyrrole nitrogens is 1. The smallest absolute Gasteiger partial charge is 0.269 e. The van der Waals surface area contributed by atoms with Gasteiger partial charge in [-0.05, 0) is 43.7 Å². The first kappa shape index (κ1) is 19.0. The summed E-state index contributed by atoms with van der Waals surface area (Å²) in [5, 5.41) is 9.35. The first-order valence-electron chi connectivity index (χ1n) is 9.48. The number of nitrogens with zero attached hydrogens (tertiary/aromatic N) is 5. The summed E-state index contributed by atoms with van der Waals surface area (Å²) in [7, 11) is 0. The van der Waals surface area contributed by atoms with E-state index < -0.39 is 5.82 Å². The fourth-order valence-corrected chi connectivity index (χ4v) is 3.68. The quantitative estimate of drug-likeness (QED) is 0.736. The summed E-state index contributed by atoms with van der Waals surface area (Å²) in [6, 6.07) is 9.30. The maximum atomic E-state index is 14.5. The predicted molar refractivity (Wildman–Crippen MR) is 108 cm³/mol. The number of aromatic nitrogens is 3. The van der Waals surface area contributed by atoms with E-state index in [0.29, 0.717) is 17.8 Å². The van der Waals surface area contributed by atoms with Gasteiger partial charge in [0, 0.05) is 38.4 Å². The van der Waals surface area contributed by atoms with Gasteiger partial charge in [-0.15, -0.1) is 0 Å². The van der Waals surface area contributed by atoms with Gasteiger partial charge in [0.25, 0.3) is 5.56 Å². The zero-order valence-electron chi connectivity index (χ0n) is 16.4. The minimum absolute atomic E-state index is 0.187. The average molecular weight is 392 g/mol. The Kier molecular flexibility index (Phi) is 4.99. The van der Waals surface area contributed by atoms with Crippen LogP contribution in [0.3, 0.4) is 0 Å². The SMILES string of the molecule is Cc1ccc(N2CCN(Cc3cc(F)c4nc(C)c(=O)[nH]c4c3)CC2)c(C#N)n1. The number of benzene rings is 1. The Morgan fingerprint density at radius 1 is 1.17 bits per heavy atom. The van der Waals surface area contributed by atoms with Crippen LogP contribution in [0, 0.1) is 31.0 Å². The summed E-state index contributed by atoms with van der Waals surface area (Å²) in [5.41, 5.74) is 3.47. The van der Waals surface area contributed by atoms with Crippen molar-refractivity contribution in [2.75, 3.05) is 31.1 Å². The van der Waals surface area contributed by atoms with E-state index in [1.54, 1.807) is 13.0 Å². The van der Waals surface area contributed by atoms with Crippen LogP contribution in [0.15, 0.2) is 29.1 Å². The number of anilines is 1. The molecule has 0 bridgehead atoms. The summed E-state index contributed by atoms with van der Waals surface area (Å²) in [6.07, 6.45) is 0. The van der Waals surface area contributed by atoms with Gasteiger partial charge in [-0.3, -0.25) is 9.69 Å². The second-order valence-electron chi connectivity index (χ2n) is 7.32. The molecule has 3 heterocycles. The molecule has 1 aromatic carbocycles. The number of piperazine rings is 1. The van der Waals surface area contributed by atoms with Gasteiger partial charge < -0.3 is 9.88 Å². The van der Waals surface area contributed by atoms with E-state index in [1.165, 1.54) is 6.07 Å². The van der Waals surface area contributed by atoms with E-state index in [2.05, 4.69) is 30.8 Å². The third-order valence-electron chi connectivity index (χ3n) is 5.22. The Balaban J connectivity index is 1.48. The van der Waals surface area contributed by atoms with E-state index in [1.807, 2.05) is 19.1 Å². The highest BCUT2D eigenvalue weighted by Crippen LogP contribution is 2.22. The van der Waals surface area contributed by atoms with Gasteiger partial charge in [0.1, 0.15) is 17.3 Å². The highest BCUT2D eigenvalue weighted by Gasteiger charge is 2.20. The third kappa shape index (κ3) is 3.82. The first-order valence-corrected chi connectivity index (χ1v) is 9.48. The summed E-state index contributed by atoms with van der Waals surface area (Å²) in [4.78, 5) is 27.3. The topological polar surface area (TPSA) is 88.9 Å². The number of pyridine rings is 1. The number of halogens is 1. The van der Waals surface area contributed by atoms with E-state index in [-0.39, 0.29) is 16.8 Å². The molecule has 0 amide bonds. The number of fused-ring (bicyclic) bond motifs is 1. The number of hydrogen-bond donors (Lipinski definition) is 1. The molecule has 148 valence electrons. The molecule has 1 saturated heterocycles. The summed E-state index contributed by atoms with van der Waals surface area (Å²) < 4.78 is 14.5. The Bertz CT molecular complexity index is 1170. The molecular formula is C21H21FN6O. The highest BCUT2D eigenvalue weighted by atomic mass is 19.1. The van der Waals surface area contributed by atoms with Crippen LogP contribution in [0.1, 0.15) is 22.6 Å². The van der Waals surface area contributed by atoms with Crippen LogP contribution in [-0.2, 0) is 6.54 Å². The van der Waals surface area contributed by atoms with E-state index in [9.17, 15) is 14.4 Å². The maximum Gasteiger partial charge on any atom is 0.269 e. The molecule has 0 unspecified atom stereocenters. The minimum Gasteiger partial charge on any atom is -0.367 e. The van der Waals surface area contributed by atoms with Crippen molar-refractivity contribution in [3.63, 3.8) is 0 Å². The van der Waals surface area contributed by atoms with Crippen LogP contribution in [0.5, 0.6) is 0 Å². The standard InChI is InChI=1S/C21H21FN6O/c1-13-3-4-19(18(11-23)24-13)28-7-5-27(6-8-28)12-15-9-16(22)20-17(10-15)26-21(29)14(2)25-20/h3-4,9-10H,5-8,12H2,1-2H3,(H,26,29). The molecule has 0 atom stereocenters. The molecule has 1 fully saturated rings. The Morgan fingerprint density at radius 3 is 2.66 bits per heavy atom. The van der Waals surface area contributed by atoms with E-state index in [4.69, 9.17) is 0 Å². The molecule has 0 saturated carbocycles. The normalized spacial score (nSPS) is 14.9. The Labute approximate surface area is 167 Å². The number of hydrogen-bond acceptors (Lipinski definition) is 6. The van der Waals surface area contributed by atoms with Crippen molar-refractivity contribution in [2.24, 2.45) is 0 Å². The number of nitrogens with one attached hydrogen (secondary N) is 1. The van der Waals surface area contributed by atoms with Crippen molar-refractivity contribution in [2.45, 2.75) is 20.4 Å².